The van der Waals surface area contributed by atoms with Crippen LogP contribution in [0.5, 0.6) is 0 Å². The second kappa shape index (κ2) is 9.03. The van der Waals surface area contributed by atoms with Crippen molar-refractivity contribution in [3.8, 4) is 11.3 Å². The summed E-state index contributed by atoms with van der Waals surface area (Å²) in [6, 6.07) is 20.8. The number of nitrogen functional groups attached to an aromatic ring is 1. The number of rotatable bonds is 4. The third-order valence-electron chi connectivity index (χ3n) is 4.40. The summed E-state index contributed by atoms with van der Waals surface area (Å²) in [4.78, 5) is 4.10. The number of nitrogens with zero attached hydrogens (tertiary/aromatic N) is 3. The fourth-order valence-corrected chi connectivity index (χ4v) is 3.77. The predicted molar refractivity (Wildman–Crippen MR) is 119 cm³/mol. The fraction of sp³-hybridized carbons (Fsp3) is 0. The number of hydrogen-bond acceptors (Lipinski definition) is 6. The Bertz CT molecular complexity index is 1340. The van der Waals surface area contributed by atoms with Gasteiger partial charge in [-0.05, 0) is 18.2 Å². The molecular formula is C21H17N4NaO3S. The van der Waals surface area contributed by atoms with Gasteiger partial charge in [0.2, 0.25) is 0 Å². The molecule has 0 aliphatic rings. The number of aromatic nitrogens is 1. The van der Waals surface area contributed by atoms with Crippen LogP contribution in [0, 0.1) is 0 Å². The van der Waals surface area contributed by atoms with Gasteiger partial charge in [0.05, 0.1) is 11.4 Å². The maximum atomic E-state index is 11.9. The van der Waals surface area contributed by atoms with Gasteiger partial charge in [0.1, 0.15) is 16.3 Å². The molecule has 0 atom stereocenters. The molecule has 0 fully saturated rings. The third kappa shape index (κ3) is 4.43. The Balaban J connectivity index is 0.00000256. The molecule has 0 radical (unpaired) electrons. The Morgan fingerprint density at radius 3 is 2.17 bits per heavy atom. The van der Waals surface area contributed by atoms with E-state index in [9.17, 15) is 13.0 Å². The second-order valence-electron chi connectivity index (χ2n) is 6.27. The van der Waals surface area contributed by atoms with Gasteiger partial charge in [0.15, 0.2) is 0 Å². The number of hydrogen-bond donors (Lipinski definition) is 2. The topological polar surface area (TPSA) is 118 Å². The van der Waals surface area contributed by atoms with Crippen molar-refractivity contribution in [3.05, 3.63) is 79.0 Å². The summed E-state index contributed by atoms with van der Waals surface area (Å²) in [6.45, 7) is 0. The number of fused-ring (bicyclic) bond motifs is 1. The molecule has 0 spiro atoms. The van der Waals surface area contributed by atoms with Crippen LogP contribution < -0.4 is 5.73 Å². The van der Waals surface area contributed by atoms with Gasteiger partial charge in [-0.15, -0.1) is 10.2 Å². The van der Waals surface area contributed by atoms with E-state index < -0.39 is 10.1 Å². The minimum absolute atomic E-state index is 0. The molecule has 0 bridgehead atoms. The van der Waals surface area contributed by atoms with Crippen LogP contribution in [0.15, 0.2) is 94.1 Å². The number of benzene rings is 3. The Kier molecular flexibility index (Phi) is 6.64. The van der Waals surface area contributed by atoms with Crippen LogP contribution in [-0.2, 0) is 10.1 Å². The second-order valence-corrected chi connectivity index (χ2v) is 7.66. The first kappa shape index (κ1) is 22.1. The molecule has 1 heterocycles. The van der Waals surface area contributed by atoms with Crippen LogP contribution in [0.4, 0.5) is 17.1 Å². The van der Waals surface area contributed by atoms with E-state index in [1.807, 2.05) is 30.3 Å². The molecule has 0 saturated heterocycles. The van der Waals surface area contributed by atoms with E-state index in [4.69, 9.17) is 5.73 Å². The SMILES string of the molecule is Nc1c(N=Nc2cccnc2-c2ccccc2)cc(S(=O)(=O)O)c2ccccc12.[NaH]. The first-order chi connectivity index (χ1) is 13.9. The number of nitrogens with two attached hydrogens (primary N) is 1. The van der Waals surface area contributed by atoms with E-state index in [1.165, 1.54) is 6.07 Å². The van der Waals surface area contributed by atoms with Gasteiger partial charge in [-0.25, -0.2) is 0 Å². The van der Waals surface area contributed by atoms with Gasteiger partial charge in [0, 0.05) is 22.5 Å². The summed E-state index contributed by atoms with van der Waals surface area (Å²) in [6.07, 6.45) is 1.65. The van der Waals surface area contributed by atoms with Crippen molar-refractivity contribution in [2.45, 2.75) is 4.90 Å². The molecular weight excluding hydrogens is 411 g/mol. The molecule has 0 unspecified atom stereocenters. The standard InChI is InChI=1S/C21H16N4O3S.Na.H/c22-20-16-10-5-4-9-15(16)19(29(26,27)28)13-18(20)25-24-17-11-6-12-23-21(17)14-7-2-1-3-8-14;;/h1-13H,22H2,(H,26,27,28);;. The van der Waals surface area contributed by atoms with E-state index >= 15 is 0 Å². The van der Waals surface area contributed by atoms with Gasteiger partial charge < -0.3 is 5.73 Å². The van der Waals surface area contributed by atoms with Crippen molar-refractivity contribution >= 4 is 67.5 Å². The van der Waals surface area contributed by atoms with Gasteiger partial charge in [0.25, 0.3) is 10.1 Å². The summed E-state index contributed by atoms with van der Waals surface area (Å²) in [5.74, 6) is 0. The first-order valence-corrected chi connectivity index (χ1v) is 10.1. The molecule has 7 nitrogen and oxygen atoms in total. The van der Waals surface area contributed by atoms with Gasteiger partial charge in [-0.2, -0.15) is 8.42 Å². The zero-order valence-corrected chi connectivity index (χ0v) is 15.9. The average Bonchev–Trinajstić information content (AvgIpc) is 2.73. The Morgan fingerprint density at radius 2 is 1.47 bits per heavy atom. The molecule has 0 saturated carbocycles. The van der Waals surface area contributed by atoms with Gasteiger partial charge >= 0.3 is 29.6 Å². The molecule has 3 aromatic carbocycles. The Hall–Kier alpha value is -2.62. The third-order valence-corrected chi connectivity index (χ3v) is 5.30. The molecule has 30 heavy (non-hydrogen) atoms. The molecule has 0 aliphatic carbocycles. The van der Waals surface area contributed by atoms with Crippen LogP contribution in [0.1, 0.15) is 0 Å². The van der Waals surface area contributed by atoms with Crippen LogP contribution in [0.2, 0.25) is 0 Å². The Labute approximate surface area is 195 Å². The van der Waals surface area contributed by atoms with Gasteiger partial charge in [-0.1, -0.05) is 54.6 Å². The maximum absolute atomic E-state index is 11.9. The molecule has 0 aliphatic heterocycles. The van der Waals surface area contributed by atoms with E-state index in [0.29, 0.717) is 22.2 Å². The number of pyridine rings is 1. The van der Waals surface area contributed by atoms with Crippen molar-refractivity contribution in [3.63, 3.8) is 0 Å². The molecule has 4 aromatic rings. The number of anilines is 1. The molecule has 3 N–H and O–H groups in total. The van der Waals surface area contributed by atoms with Crippen molar-refractivity contribution in [1.82, 2.24) is 4.98 Å². The van der Waals surface area contributed by atoms with E-state index in [0.717, 1.165) is 5.56 Å². The van der Waals surface area contributed by atoms with Crippen LogP contribution in [0.25, 0.3) is 22.0 Å². The van der Waals surface area contributed by atoms with Crippen molar-refractivity contribution in [2.24, 2.45) is 10.2 Å². The minimum atomic E-state index is -4.47. The van der Waals surface area contributed by atoms with Crippen molar-refractivity contribution in [1.29, 1.82) is 0 Å². The fourth-order valence-electron chi connectivity index (χ4n) is 3.05. The number of azo groups is 1. The average molecular weight is 428 g/mol. The molecule has 0 amide bonds. The zero-order valence-electron chi connectivity index (χ0n) is 15.1. The molecule has 1 aromatic heterocycles. The normalized spacial score (nSPS) is 11.5. The molecule has 9 heteroatoms. The van der Waals surface area contributed by atoms with Crippen LogP contribution in [0.3, 0.4) is 0 Å². The van der Waals surface area contributed by atoms with Crippen molar-refractivity contribution < 1.29 is 13.0 Å². The molecule has 146 valence electrons. The van der Waals surface area contributed by atoms with E-state index in [2.05, 4.69) is 15.2 Å². The Morgan fingerprint density at radius 1 is 0.833 bits per heavy atom. The predicted octanol–water partition coefficient (Wildman–Crippen LogP) is 4.50. The summed E-state index contributed by atoms with van der Waals surface area (Å²) >= 11 is 0. The summed E-state index contributed by atoms with van der Waals surface area (Å²) in [7, 11) is -4.47. The van der Waals surface area contributed by atoms with E-state index in [1.54, 1.807) is 42.6 Å². The monoisotopic (exact) mass is 428 g/mol. The van der Waals surface area contributed by atoms with Crippen molar-refractivity contribution in [2.75, 3.05) is 5.73 Å². The summed E-state index contributed by atoms with van der Waals surface area (Å²) in [5, 5.41) is 9.20. The zero-order chi connectivity index (χ0) is 20.4. The first-order valence-electron chi connectivity index (χ1n) is 8.66. The van der Waals surface area contributed by atoms with Gasteiger partial charge in [-0.3, -0.25) is 9.54 Å². The van der Waals surface area contributed by atoms with Crippen LogP contribution >= 0.6 is 0 Å². The van der Waals surface area contributed by atoms with Crippen LogP contribution in [-0.4, -0.2) is 47.5 Å². The summed E-state index contributed by atoms with van der Waals surface area (Å²) in [5.41, 5.74) is 8.60. The van der Waals surface area contributed by atoms with E-state index in [-0.39, 0.29) is 45.8 Å². The summed E-state index contributed by atoms with van der Waals surface area (Å²) < 4.78 is 33.3. The molecule has 4 rings (SSSR count). The quantitative estimate of drug-likeness (QED) is 0.215.